The number of rotatable bonds is 24. The van der Waals surface area contributed by atoms with Gasteiger partial charge in [0.15, 0.2) is 0 Å². The Kier molecular flexibility index (Phi) is 40.5. The first-order valence-electron chi connectivity index (χ1n) is 42.4. The van der Waals surface area contributed by atoms with Crippen molar-refractivity contribution in [3.8, 4) is 0 Å². The average molecular weight is 1470 g/mol. The fraction of sp³-hybridized carbons (Fsp3) is 0.806. The molecule has 0 aliphatic heterocycles. The predicted molar refractivity (Wildman–Crippen MR) is 437 cm³/mol. The number of esters is 6. The van der Waals surface area contributed by atoms with Crippen molar-refractivity contribution in [1.82, 2.24) is 0 Å². The lowest BCUT2D eigenvalue weighted by Crippen LogP contribution is -2.42. The standard InChI is InChI=1S/C18H30O2.C16H28O2.3C15H26O2.C14H24O2/c1-4-17(2,3)16(19)20-18(12-8-5-9-13-18)14-15-10-6-7-11-15;1-5-15(3,4)14(17)18-16(6-2)12-10-8-7-9-11-13-16;1-6-14(4,5)13(16)17-15(12(2)3)10-8-7-9-11-15;1-5-14(3,4)13(16)17-15(6-2)11-9-7-8-10-12-15;1-5-10-15(11-8-7-9-12-15)17-13(16)14(3,4)6-2;1-6-13(4,5)12(15)16-14(11(2)3)9-7-8-10-14/h14H,4-13H2,1-3H3;6H,2,5,7-13H2,1,3-4H3;2,6-11H2,1,3-5H3;6H,2,5,7-12H2,1,3-4H3;5,10H,6-9,11-12H2,1-4H3;2,6-10H2,1,3-5H3/b;;;;10-5+;. The van der Waals surface area contributed by atoms with Crippen LogP contribution in [-0.2, 0) is 57.2 Å². The maximum absolute atomic E-state index is 12.5. The van der Waals surface area contributed by atoms with Crippen LogP contribution < -0.4 is 0 Å². The second-order valence-electron chi connectivity index (χ2n) is 36.6. The molecule has 0 N–H and O–H groups in total. The van der Waals surface area contributed by atoms with Crippen LogP contribution in [0.4, 0.5) is 0 Å². The van der Waals surface area contributed by atoms with E-state index in [0.717, 1.165) is 191 Å². The van der Waals surface area contributed by atoms with Gasteiger partial charge in [0.1, 0.15) is 33.6 Å². The van der Waals surface area contributed by atoms with Crippen molar-refractivity contribution in [2.24, 2.45) is 32.5 Å². The molecule has 7 saturated carbocycles. The molecule has 12 nitrogen and oxygen atoms in total. The van der Waals surface area contributed by atoms with Crippen molar-refractivity contribution in [1.29, 1.82) is 0 Å². The van der Waals surface area contributed by atoms with E-state index < -0.39 is 16.6 Å². The number of hydrogen-bond acceptors (Lipinski definition) is 12. The Morgan fingerprint density at radius 1 is 0.314 bits per heavy atom. The van der Waals surface area contributed by atoms with Crippen molar-refractivity contribution < 1.29 is 57.2 Å². The lowest BCUT2D eigenvalue weighted by atomic mass is 9.79. The minimum atomic E-state index is -0.413. The molecule has 0 aromatic rings. The number of carbonyl (C=O) groups excluding carboxylic acids is 6. The highest BCUT2D eigenvalue weighted by atomic mass is 16.6. The molecular weight excluding hydrogens is 1310 g/mol. The van der Waals surface area contributed by atoms with Crippen LogP contribution in [0.5, 0.6) is 0 Å². The molecule has 0 atom stereocenters. The normalized spacial score (nSPS) is 20.6. The fourth-order valence-electron chi connectivity index (χ4n) is 14.1. The zero-order chi connectivity index (χ0) is 79.7. The van der Waals surface area contributed by atoms with Crippen LogP contribution in [0.2, 0.25) is 0 Å². The first-order chi connectivity index (χ1) is 49.0. The Labute approximate surface area is 644 Å². The smallest absolute Gasteiger partial charge is 0.312 e. The van der Waals surface area contributed by atoms with Gasteiger partial charge >= 0.3 is 35.8 Å². The van der Waals surface area contributed by atoms with Gasteiger partial charge in [-0.15, -0.1) is 0 Å². The highest BCUT2D eigenvalue weighted by molar-refractivity contribution is 5.79. The monoisotopic (exact) mass is 1470 g/mol. The molecule has 0 spiro atoms. The van der Waals surface area contributed by atoms with Gasteiger partial charge in [0.25, 0.3) is 0 Å². The van der Waals surface area contributed by atoms with Gasteiger partial charge in [-0.2, -0.15) is 0 Å². The van der Waals surface area contributed by atoms with E-state index in [1.54, 1.807) is 0 Å². The summed E-state index contributed by atoms with van der Waals surface area (Å²) < 4.78 is 35.2. The van der Waals surface area contributed by atoms with E-state index in [0.29, 0.717) is 0 Å². The molecule has 0 heterocycles. The van der Waals surface area contributed by atoms with E-state index >= 15 is 0 Å². The van der Waals surface area contributed by atoms with Gasteiger partial charge in [-0.05, 0) is 358 Å². The summed E-state index contributed by atoms with van der Waals surface area (Å²) in [5, 5.41) is 0. The highest BCUT2D eigenvalue weighted by Gasteiger charge is 2.45. The summed E-state index contributed by atoms with van der Waals surface area (Å²) in [6, 6.07) is 0. The molecule has 0 amide bonds. The Morgan fingerprint density at radius 2 is 0.514 bits per heavy atom. The second-order valence-corrected chi connectivity index (χ2v) is 36.6. The van der Waals surface area contributed by atoms with Gasteiger partial charge in [-0.25, -0.2) is 0 Å². The van der Waals surface area contributed by atoms with Gasteiger partial charge in [-0.3, -0.25) is 28.8 Å². The molecular formula is C93H160O12. The highest BCUT2D eigenvalue weighted by Crippen LogP contribution is 2.44. The molecule has 0 saturated heterocycles. The van der Waals surface area contributed by atoms with Crippen LogP contribution in [0, 0.1) is 32.5 Å². The SMILES string of the molecule is C/C=C/C1(OC(=O)C(C)(C)CC)CCCCC1.C=C(C)C1(OC(=O)C(C)(C)CC)CCCC1.C=C(C)C1(OC(=O)C(C)(C)CC)CCCCC1.C=CC1(OC(=O)C(C)(C)CC)CCCCCC1.C=CC1(OC(=O)C(C)(C)CC)CCCCCCC1.CCC(C)(C)C(=O)OC1(C=C2CCCC2)CCCCC1. The molecule has 7 aliphatic carbocycles. The van der Waals surface area contributed by atoms with Crippen molar-refractivity contribution in [2.75, 3.05) is 0 Å². The van der Waals surface area contributed by atoms with Crippen LogP contribution in [0.25, 0.3) is 0 Å². The summed E-state index contributed by atoms with van der Waals surface area (Å²) in [4.78, 5) is 73.4. The number of allylic oxidation sites excluding steroid dienone is 2. The predicted octanol–water partition coefficient (Wildman–Crippen LogP) is 26.4. The van der Waals surface area contributed by atoms with E-state index in [1.165, 1.54) is 95.5 Å². The summed E-state index contributed by atoms with van der Waals surface area (Å²) in [6.45, 7) is 57.4. The van der Waals surface area contributed by atoms with Crippen molar-refractivity contribution in [3.05, 3.63) is 73.4 Å². The first-order valence-corrected chi connectivity index (χ1v) is 42.4. The zero-order valence-electron chi connectivity index (χ0n) is 71.8. The summed E-state index contributed by atoms with van der Waals surface area (Å²) in [5.74, 6) is -0.395. The van der Waals surface area contributed by atoms with Crippen LogP contribution in [0.15, 0.2) is 73.4 Å². The van der Waals surface area contributed by atoms with Crippen molar-refractivity contribution in [2.45, 2.75) is 449 Å². The molecule has 12 heteroatoms. The molecule has 7 rings (SSSR count). The quantitative estimate of drug-likeness (QED) is 0.0390. The number of ether oxygens (including phenoxy) is 6. The third kappa shape index (κ3) is 30.6. The Balaban J connectivity index is 0.000000429. The summed E-state index contributed by atoms with van der Waals surface area (Å²) in [6.07, 6.45) is 55.3. The van der Waals surface area contributed by atoms with Gasteiger partial charge in [-0.1, -0.05) is 131 Å². The third-order valence-corrected chi connectivity index (χ3v) is 25.5. The zero-order valence-corrected chi connectivity index (χ0v) is 71.8. The van der Waals surface area contributed by atoms with Crippen molar-refractivity contribution in [3.63, 3.8) is 0 Å². The van der Waals surface area contributed by atoms with Gasteiger partial charge in [0, 0.05) is 0 Å². The Morgan fingerprint density at radius 3 is 0.762 bits per heavy atom. The van der Waals surface area contributed by atoms with Crippen LogP contribution >= 0.6 is 0 Å². The number of carbonyl (C=O) groups is 6. The van der Waals surface area contributed by atoms with Crippen LogP contribution in [0.3, 0.4) is 0 Å². The minimum absolute atomic E-state index is 0.0169. The molecule has 0 aromatic heterocycles. The lowest BCUT2D eigenvalue weighted by molar-refractivity contribution is -0.170. The van der Waals surface area contributed by atoms with E-state index in [4.69, 9.17) is 28.4 Å². The second kappa shape index (κ2) is 44.2. The summed E-state index contributed by atoms with van der Waals surface area (Å²) in [7, 11) is 0. The van der Waals surface area contributed by atoms with E-state index in [-0.39, 0.29) is 85.3 Å². The average Bonchev–Trinajstić information content (AvgIpc) is 1.79. The molecule has 7 aliphatic rings. The van der Waals surface area contributed by atoms with Crippen LogP contribution in [-0.4, -0.2) is 69.4 Å². The lowest BCUT2D eigenvalue weighted by Gasteiger charge is -2.39. The largest absolute Gasteiger partial charge is 0.454 e. The fourth-order valence-corrected chi connectivity index (χ4v) is 14.1. The van der Waals surface area contributed by atoms with Crippen molar-refractivity contribution >= 4 is 35.8 Å². The van der Waals surface area contributed by atoms with Gasteiger partial charge in [0.2, 0.25) is 0 Å². The molecule has 7 fully saturated rings. The minimum Gasteiger partial charge on any atom is -0.454 e. The maximum atomic E-state index is 12.5. The Hall–Kier alpha value is -4.74. The van der Waals surface area contributed by atoms with E-state index in [1.807, 2.05) is 157 Å². The molecule has 0 radical (unpaired) electrons. The Bertz CT molecular complexity index is 2750. The third-order valence-electron chi connectivity index (χ3n) is 25.5. The van der Waals surface area contributed by atoms with Gasteiger partial charge < -0.3 is 28.4 Å². The summed E-state index contributed by atoms with van der Waals surface area (Å²) >= 11 is 0. The van der Waals surface area contributed by atoms with Gasteiger partial charge in [0.05, 0.1) is 32.5 Å². The van der Waals surface area contributed by atoms with E-state index in [9.17, 15) is 28.8 Å². The summed E-state index contributed by atoms with van der Waals surface area (Å²) in [5.41, 5.74) is -0.958. The van der Waals surface area contributed by atoms with E-state index in [2.05, 4.69) is 45.4 Å². The molecule has 604 valence electrons. The van der Waals surface area contributed by atoms with Crippen LogP contribution in [0.1, 0.15) is 415 Å². The molecule has 0 bridgehead atoms. The first kappa shape index (κ1) is 96.3. The molecule has 0 unspecified atom stereocenters. The molecule has 0 aromatic carbocycles. The topological polar surface area (TPSA) is 158 Å². The molecule has 105 heavy (non-hydrogen) atoms. The maximum Gasteiger partial charge on any atom is 0.312 e. The number of hydrogen-bond donors (Lipinski definition) is 0.